The van der Waals surface area contributed by atoms with Gasteiger partial charge in [0.05, 0.1) is 0 Å². The van der Waals surface area contributed by atoms with Gasteiger partial charge in [0.15, 0.2) is 0 Å². The minimum absolute atomic E-state index is 0.588. The Bertz CT molecular complexity index is 230. The molecule has 1 N–H and O–H groups in total. The molecule has 0 aliphatic heterocycles. The number of aliphatic carboxylic acids is 1. The third-order valence-electron chi connectivity index (χ3n) is 3.14. The van der Waals surface area contributed by atoms with E-state index in [4.69, 9.17) is 5.11 Å². The number of carboxylic acid groups (broad SMARTS) is 1. The molecule has 2 rings (SSSR count). The summed E-state index contributed by atoms with van der Waals surface area (Å²) in [5.41, 5.74) is 0.659. The number of carboxylic acids is 1. The predicted octanol–water partition coefficient (Wildman–Crippen LogP) is 2.21. The Morgan fingerprint density at radius 1 is 1.42 bits per heavy atom. The van der Waals surface area contributed by atoms with Crippen molar-refractivity contribution < 1.29 is 9.90 Å². The number of allylic oxidation sites excluding steroid dienone is 1. The van der Waals surface area contributed by atoms with Crippen LogP contribution in [0.15, 0.2) is 11.6 Å². The summed E-state index contributed by atoms with van der Waals surface area (Å²) in [6, 6.07) is 0. The molecule has 0 aromatic carbocycles. The number of hydrogen-bond acceptors (Lipinski definition) is 1. The zero-order chi connectivity index (χ0) is 8.55. The van der Waals surface area contributed by atoms with Gasteiger partial charge in [-0.1, -0.05) is 18.9 Å². The Morgan fingerprint density at radius 2 is 2.17 bits per heavy atom. The normalized spacial score (nSPS) is 34.2. The first kappa shape index (κ1) is 7.84. The summed E-state index contributed by atoms with van der Waals surface area (Å²) in [6.45, 7) is 0. The van der Waals surface area contributed by atoms with Gasteiger partial charge in [-0.2, -0.15) is 0 Å². The smallest absolute Gasteiger partial charge is 0.331 e. The van der Waals surface area contributed by atoms with E-state index in [1.54, 1.807) is 0 Å². The fourth-order valence-corrected chi connectivity index (χ4v) is 2.48. The summed E-state index contributed by atoms with van der Waals surface area (Å²) < 4.78 is 0. The minimum atomic E-state index is -0.704. The van der Waals surface area contributed by atoms with Crippen molar-refractivity contribution in [3.8, 4) is 0 Å². The third-order valence-corrected chi connectivity index (χ3v) is 3.14. The van der Waals surface area contributed by atoms with Crippen molar-refractivity contribution in [1.82, 2.24) is 0 Å². The molecule has 0 spiro atoms. The lowest BCUT2D eigenvalue weighted by Crippen LogP contribution is -2.13. The molecule has 0 saturated heterocycles. The summed E-state index contributed by atoms with van der Waals surface area (Å²) in [5, 5.41) is 8.79. The molecule has 2 unspecified atom stereocenters. The van der Waals surface area contributed by atoms with Gasteiger partial charge < -0.3 is 5.11 Å². The quantitative estimate of drug-likeness (QED) is 0.648. The monoisotopic (exact) mass is 166 g/mol. The van der Waals surface area contributed by atoms with Crippen molar-refractivity contribution in [2.45, 2.75) is 32.1 Å². The molecule has 0 amide bonds. The van der Waals surface area contributed by atoms with E-state index in [0.29, 0.717) is 17.4 Å². The number of fused-ring (bicyclic) bond motifs is 1. The van der Waals surface area contributed by atoms with Crippen LogP contribution in [-0.2, 0) is 4.79 Å². The fraction of sp³-hybridized carbons (Fsp3) is 0.700. The van der Waals surface area contributed by atoms with Crippen LogP contribution in [0, 0.1) is 11.8 Å². The summed E-state index contributed by atoms with van der Waals surface area (Å²) >= 11 is 0. The van der Waals surface area contributed by atoms with E-state index in [1.165, 1.54) is 25.7 Å². The number of hydrogen-bond donors (Lipinski definition) is 1. The van der Waals surface area contributed by atoms with Gasteiger partial charge in [0, 0.05) is 5.57 Å². The summed E-state index contributed by atoms with van der Waals surface area (Å²) in [4.78, 5) is 10.7. The average Bonchev–Trinajstić information content (AvgIpc) is 2.46. The Kier molecular flexibility index (Phi) is 1.91. The second kappa shape index (κ2) is 2.92. The van der Waals surface area contributed by atoms with Crippen LogP contribution in [0.4, 0.5) is 0 Å². The van der Waals surface area contributed by atoms with E-state index < -0.39 is 5.97 Å². The van der Waals surface area contributed by atoms with Crippen LogP contribution in [0.5, 0.6) is 0 Å². The average molecular weight is 166 g/mol. The molecule has 1 fully saturated rings. The first-order valence-corrected chi connectivity index (χ1v) is 4.71. The Labute approximate surface area is 72.3 Å². The lowest BCUT2D eigenvalue weighted by molar-refractivity contribution is -0.132. The molecule has 0 aromatic heterocycles. The van der Waals surface area contributed by atoms with Crippen molar-refractivity contribution in [2.75, 3.05) is 0 Å². The van der Waals surface area contributed by atoms with Crippen molar-refractivity contribution in [1.29, 1.82) is 0 Å². The van der Waals surface area contributed by atoms with Gasteiger partial charge in [-0.15, -0.1) is 0 Å². The van der Waals surface area contributed by atoms with Gasteiger partial charge in [0.2, 0.25) is 0 Å². The van der Waals surface area contributed by atoms with Crippen LogP contribution in [-0.4, -0.2) is 11.1 Å². The molecule has 66 valence electrons. The highest BCUT2D eigenvalue weighted by Crippen LogP contribution is 2.40. The van der Waals surface area contributed by atoms with Crippen molar-refractivity contribution >= 4 is 5.97 Å². The van der Waals surface area contributed by atoms with E-state index in [9.17, 15) is 4.79 Å². The Morgan fingerprint density at radius 3 is 2.83 bits per heavy atom. The minimum Gasteiger partial charge on any atom is -0.478 e. The van der Waals surface area contributed by atoms with E-state index >= 15 is 0 Å². The van der Waals surface area contributed by atoms with Gasteiger partial charge in [0.25, 0.3) is 0 Å². The van der Waals surface area contributed by atoms with Gasteiger partial charge in [-0.3, -0.25) is 0 Å². The van der Waals surface area contributed by atoms with E-state index in [2.05, 4.69) is 0 Å². The van der Waals surface area contributed by atoms with Crippen LogP contribution in [0.1, 0.15) is 32.1 Å². The SMILES string of the molecule is O=C(O)C1=CC2CCCCC2C1. The predicted molar refractivity (Wildman–Crippen MR) is 45.8 cm³/mol. The third kappa shape index (κ3) is 1.26. The summed E-state index contributed by atoms with van der Waals surface area (Å²) in [6.07, 6.45) is 7.83. The lowest BCUT2D eigenvalue weighted by atomic mass is 9.81. The molecule has 0 aromatic rings. The highest BCUT2D eigenvalue weighted by atomic mass is 16.4. The maximum Gasteiger partial charge on any atom is 0.331 e. The van der Waals surface area contributed by atoms with Gasteiger partial charge in [-0.05, 0) is 31.1 Å². The first-order chi connectivity index (χ1) is 5.77. The topological polar surface area (TPSA) is 37.3 Å². The molecule has 1 saturated carbocycles. The molecule has 0 bridgehead atoms. The molecular weight excluding hydrogens is 152 g/mol. The van der Waals surface area contributed by atoms with E-state index in [1.807, 2.05) is 6.08 Å². The van der Waals surface area contributed by atoms with Crippen LogP contribution in [0.3, 0.4) is 0 Å². The van der Waals surface area contributed by atoms with Crippen LogP contribution >= 0.6 is 0 Å². The largest absolute Gasteiger partial charge is 0.478 e. The molecule has 2 aliphatic rings. The van der Waals surface area contributed by atoms with Crippen LogP contribution in [0.25, 0.3) is 0 Å². The molecule has 0 radical (unpaired) electrons. The van der Waals surface area contributed by atoms with Crippen molar-refractivity contribution in [2.24, 2.45) is 11.8 Å². The molecule has 2 atom stereocenters. The maximum absolute atomic E-state index is 10.7. The van der Waals surface area contributed by atoms with Gasteiger partial charge in [-0.25, -0.2) is 4.79 Å². The van der Waals surface area contributed by atoms with E-state index in [-0.39, 0.29) is 0 Å². The Hall–Kier alpha value is -0.790. The highest BCUT2D eigenvalue weighted by Gasteiger charge is 2.31. The number of rotatable bonds is 1. The second-order valence-corrected chi connectivity index (χ2v) is 3.91. The second-order valence-electron chi connectivity index (χ2n) is 3.91. The van der Waals surface area contributed by atoms with Gasteiger partial charge >= 0.3 is 5.97 Å². The molecule has 2 heteroatoms. The van der Waals surface area contributed by atoms with Crippen molar-refractivity contribution in [3.63, 3.8) is 0 Å². The van der Waals surface area contributed by atoms with E-state index in [0.717, 1.165) is 6.42 Å². The van der Waals surface area contributed by atoms with Crippen LogP contribution in [0.2, 0.25) is 0 Å². The van der Waals surface area contributed by atoms with Crippen molar-refractivity contribution in [3.05, 3.63) is 11.6 Å². The highest BCUT2D eigenvalue weighted by molar-refractivity contribution is 5.87. The summed E-state index contributed by atoms with van der Waals surface area (Å²) in [7, 11) is 0. The number of carbonyl (C=O) groups is 1. The molecule has 2 nitrogen and oxygen atoms in total. The standard InChI is InChI=1S/C10H14O2/c11-10(12)9-5-7-3-1-2-4-8(7)6-9/h5,7-8H,1-4,6H2,(H,11,12). The lowest BCUT2D eigenvalue weighted by Gasteiger charge is -2.23. The zero-order valence-electron chi connectivity index (χ0n) is 7.12. The maximum atomic E-state index is 10.7. The molecular formula is C10H14O2. The first-order valence-electron chi connectivity index (χ1n) is 4.71. The van der Waals surface area contributed by atoms with Gasteiger partial charge in [0.1, 0.15) is 0 Å². The fourth-order valence-electron chi connectivity index (χ4n) is 2.48. The zero-order valence-corrected chi connectivity index (χ0v) is 7.12. The van der Waals surface area contributed by atoms with Crippen LogP contribution < -0.4 is 0 Å². The molecule has 12 heavy (non-hydrogen) atoms. The summed E-state index contributed by atoms with van der Waals surface area (Å²) in [5.74, 6) is 0.541. The Balaban J connectivity index is 2.09. The molecule has 2 aliphatic carbocycles. The molecule has 0 heterocycles.